The second kappa shape index (κ2) is 5.81. The van der Waals surface area contributed by atoms with E-state index in [2.05, 4.69) is 20.9 Å². The van der Waals surface area contributed by atoms with Crippen LogP contribution in [0.15, 0.2) is 42.5 Å². The first kappa shape index (κ1) is 14.6. The van der Waals surface area contributed by atoms with Crippen molar-refractivity contribution in [3.05, 3.63) is 53.6 Å². The van der Waals surface area contributed by atoms with E-state index in [9.17, 15) is 0 Å². The maximum absolute atomic E-state index is 8.84. The highest BCUT2D eigenvalue weighted by molar-refractivity contribution is 5.91. The number of hydrogen-bond donors (Lipinski definition) is 2. The third-order valence-corrected chi connectivity index (χ3v) is 3.67. The number of anilines is 3. The molecule has 1 aromatic heterocycles. The summed E-state index contributed by atoms with van der Waals surface area (Å²) >= 11 is 0. The monoisotopic (exact) mass is 304 g/mol. The van der Waals surface area contributed by atoms with E-state index in [0.29, 0.717) is 17.9 Å². The molecule has 1 heterocycles. The lowest BCUT2D eigenvalue weighted by molar-refractivity contribution is 0.924. The molecule has 4 N–H and O–H groups in total. The number of fused-ring (bicyclic) bond motifs is 1. The van der Waals surface area contributed by atoms with Gasteiger partial charge in [0.15, 0.2) is 0 Å². The Morgan fingerprint density at radius 3 is 2.52 bits per heavy atom. The maximum Gasteiger partial charge on any atom is 0.222 e. The third kappa shape index (κ3) is 2.99. The fourth-order valence-electron chi connectivity index (χ4n) is 2.45. The third-order valence-electron chi connectivity index (χ3n) is 3.67. The number of nitrogen functional groups attached to an aromatic ring is 2. The van der Waals surface area contributed by atoms with Crippen molar-refractivity contribution in [2.24, 2.45) is 0 Å². The fourth-order valence-corrected chi connectivity index (χ4v) is 2.45. The molecule has 0 aliphatic carbocycles. The van der Waals surface area contributed by atoms with Crippen LogP contribution in [0.5, 0.6) is 0 Å². The number of nitriles is 1. The summed E-state index contributed by atoms with van der Waals surface area (Å²) < 4.78 is 0. The average molecular weight is 304 g/mol. The zero-order valence-electron chi connectivity index (χ0n) is 12.7. The molecule has 0 saturated carbocycles. The molecule has 0 saturated heterocycles. The average Bonchev–Trinajstić information content (AvgIpc) is 2.55. The van der Waals surface area contributed by atoms with E-state index in [1.807, 2.05) is 49.5 Å². The van der Waals surface area contributed by atoms with Crippen LogP contribution in [0.25, 0.3) is 10.9 Å². The van der Waals surface area contributed by atoms with Crippen molar-refractivity contribution in [3.63, 3.8) is 0 Å². The van der Waals surface area contributed by atoms with Crippen LogP contribution in [-0.2, 0) is 6.54 Å². The zero-order valence-corrected chi connectivity index (χ0v) is 12.7. The van der Waals surface area contributed by atoms with Gasteiger partial charge in [0.2, 0.25) is 5.95 Å². The van der Waals surface area contributed by atoms with Crippen molar-refractivity contribution in [1.29, 1.82) is 5.26 Å². The summed E-state index contributed by atoms with van der Waals surface area (Å²) in [5, 5.41) is 9.62. The number of benzene rings is 2. The molecule has 0 aliphatic heterocycles. The van der Waals surface area contributed by atoms with E-state index >= 15 is 0 Å². The highest BCUT2D eigenvalue weighted by Crippen LogP contribution is 2.25. The van der Waals surface area contributed by atoms with Gasteiger partial charge in [0, 0.05) is 24.7 Å². The summed E-state index contributed by atoms with van der Waals surface area (Å²) in [7, 11) is 1.99. The van der Waals surface area contributed by atoms with Gasteiger partial charge in [-0.05, 0) is 35.9 Å². The van der Waals surface area contributed by atoms with Gasteiger partial charge in [-0.2, -0.15) is 10.2 Å². The fraction of sp³-hybridized carbons (Fsp3) is 0.118. The molecule has 114 valence electrons. The Kier molecular flexibility index (Phi) is 3.69. The van der Waals surface area contributed by atoms with Crippen LogP contribution < -0.4 is 16.4 Å². The van der Waals surface area contributed by atoms with Gasteiger partial charge in [-0.3, -0.25) is 0 Å². The Bertz CT molecular complexity index is 895. The Morgan fingerprint density at radius 2 is 1.83 bits per heavy atom. The van der Waals surface area contributed by atoms with E-state index in [1.54, 1.807) is 0 Å². The van der Waals surface area contributed by atoms with Gasteiger partial charge in [-0.25, -0.2) is 4.98 Å². The molecule has 23 heavy (non-hydrogen) atoms. The van der Waals surface area contributed by atoms with Gasteiger partial charge in [0.25, 0.3) is 0 Å². The predicted octanol–water partition coefficient (Wildman–Crippen LogP) is 2.30. The smallest absolute Gasteiger partial charge is 0.222 e. The largest absolute Gasteiger partial charge is 0.383 e. The van der Waals surface area contributed by atoms with Crippen molar-refractivity contribution in [3.8, 4) is 6.07 Å². The molecule has 0 aliphatic rings. The predicted molar refractivity (Wildman–Crippen MR) is 91.6 cm³/mol. The Labute approximate surface area is 134 Å². The van der Waals surface area contributed by atoms with Crippen LogP contribution >= 0.6 is 0 Å². The van der Waals surface area contributed by atoms with Gasteiger partial charge in [-0.1, -0.05) is 12.1 Å². The van der Waals surface area contributed by atoms with Crippen LogP contribution in [0.3, 0.4) is 0 Å². The number of aromatic nitrogens is 2. The van der Waals surface area contributed by atoms with E-state index < -0.39 is 0 Å². The molecule has 0 spiro atoms. The molecule has 0 fully saturated rings. The van der Waals surface area contributed by atoms with E-state index in [4.69, 9.17) is 16.7 Å². The van der Waals surface area contributed by atoms with E-state index in [-0.39, 0.29) is 5.95 Å². The first-order chi connectivity index (χ1) is 11.1. The molecule has 0 amide bonds. The molecular formula is C17H16N6. The minimum Gasteiger partial charge on any atom is -0.383 e. The second-order valence-corrected chi connectivity index (χ2v) is 5.33. The van der Waals surface area contributed by atoms with Gasteiger partial charge >= 0.3 is 0 Å². The normalized spacial score (nSPS) is 10.4. The highest BCUT2D eigenvalue weighted by Gasteiger charge is 2.08. The standard InChI is InChI=1S/C17H16N6/c1-23(10-12-4-2-11(9-18)3-5-12)13-6-7-15-14(8-13)16(19)22-17(20)21-15/h2-8H,10H2,1H3,(H4,19,20,21,22). The number of nitrogens with two attached hydrogens (primary N) is 2. The summed E-state index contributed by atoms with van der Waals surface area (Å²) in [6.45, 7) is 0.715. The first-order valence-corrected chi connectivity index (χ1v) is 7.10. The number of nitrogens with zero attached hydrogens (tertiary/aromatic N) is 4. The summed E-state index contributed by atoms with van der Waals surface area (Å²) in [6, 6.07) is 15.5. The minimum absolute atomic E-state index is 0.175. The zero-order chi connectivity index (χ0) is 16.4. The van der Waals surface area contributed by atoms with Crippen molar-refractivity contribution in [2.45, 2.75) is 6.54 Å². The van der Waals surface area contributed by atoms with E-state index in [0.717, 1.165) is 22.2 Å². The van der Waals surface area contributed by atoms with Crippen LogP contribution in [0.2, 0.25) is 0 Å². The Balaban J connectivity index is 1.88. The number of rotatable bonds is 3. The van der Waals surface area contributed by atoms with Crippen LogP contribution in [0, 0.1) is 11.3 Å². The summed E-state index contributed by atoms with van der Waals surface area (Å²) in [4.78, 5) is 10.3. The van der Waals surface area contributed by atoms with Crippen molar-refractivity contribution >= 4 is 28.4 Å². The lowest BCUT2D eigenvalue weighted by atomic mass is 10.1. The molecule has 2 aromatic carbocycles. The molecular weight excluding hydrogens is 288 g/mol. The van der Waals surface area contributed by atoms with Crippen molar-refractivity contribution in [2.75, 3.05) is 23.4 Å². The maximum atomic E-state index is 8.84. The SMILES string of the molecule is CN(Cc1ccc(C#N)cc1)c1ccc2nc(N)nc(N)c2c1. The Morgan fingerprint density at radius 1 is 1.09 bits per heavy atom. The molecule has 0 radical (unpaired) electrons. The summed E-state index contributed by atoms with van der Waals surface area (Å²) in [5.41, 5.74) is 15.0. The topological polar surface area (TPSA) is 105 Å². The molecule has 3 aromatic rings. The van der Waals surface area contributed by atoms with Crippen LogP contribution in [0.1, 0.15) is 11.1 Å². The van der Waals surface area contributed by atoms with Gasteiger partial charge in [0.05, 0.1) is 17.1 Å². The van der Waals surface area contributed by atoms with Gasteiger partial charge < -0.3 is 16.4 Å². The van der Waals surface area contributed by atoms with Crippen LogP contribution in [0.4, 0.5) is 17.5 Å². The number of hydrogen-bond acceptors (Lipinski definition) is 6. The second-order valence-electron chi connectivity index (χ2n) is 5.33. The molecule has 0 unspecified atom stereocenters. The molecule has 0 bridgehead atoms. The quantitative estimate of drug-likeness (QED) is 0.769. The summed E-state index contributed by atoms with van der Waals surface area (Å²) in [6.07, 6.45) is 0. The van der Waals surface area contributed by atoms with Gasteiger partial charge in [0.1, 0.15) is 5.82 Å². The lowest BCUT2D eigenvalue weighted by Gasteiger charge is -2.20. The molecule has 0 atom stereocenters. The lowest BCUT2D eigenvalue weighted by Crippen LogP contribution is -2.16. The first-order valence-electron chi connectivity index (χ1n) is 7.10. The van der Waals surface area contributed by atoms with Gasteiger partial charge in [-0.15, -0.1) is 0 Å². The van der Waals surface area contributed by atoms with Crippen LogP contribution in [-0.4, -0.2) is 17.0 Å². The van der Waals surface area contributed by atoms with Crippen molar-refractivity contribution in [1.82, 2.24) is 9.97 Å². The Hall–Kier alpha value is -3.33. The summed E-state index contributed by atoms with van der Waals surface area (Å²) in [5.74, 6) is 0.551. The molecule has 6 heteroatoms. The van der Waals surface area contributed by atoms with E-state index in [1.165, 1.54) is 0 Å². The van der Waals surface area contributed by atoms with Crippen molar-refractivity contribution < 1.29 is 0 Å². The minimum atomic E-state index is 0.175. The highest BCUT2D eigenvalue weighted by atomic mass is 15.1. The molecule has 6 nitrogen and oxygen atoms in total. The molecule has 3 rings (SSSR count).